The number of amides is 2. The summed E-state index contributed by atoms with van der Waals surface area (Å²) in [6, 6.07) is 2.38. The van der Waals surface area contributed by atoms with Crippen molar-refractivity contribution < 1.29 is 9.18 Å². The van der Waals surface area contributed by atoms with E-state index in [2.05, 4.69) is 0 Å². The molecule has 0 bridgehead atoms. The van der Waals surface area contributed by atoms with E-state index in [-0.39, 0.29) is 12.4 Å². The van der Waals surface area contributed by atoms with Gasteiger partial charge in [-0.2, -0.15) is 0 Å². The minimum Gasteiger partial charge on any atom is -0.322 e. The fourth-order valence-corrected chi connectivity index (χ4v) is 1.52. The van der Waals surface area contributed by atoms with Crippen LogP contribution in [0, 0.1) is 12.7 Å². The molecule has 0 spiro atoms. The molecule has 16 heavy (non-hydrogen) atoms. The van der Waals surface area contributed by atoms with E-state index in [0.29, 0.717) is 16.1 Å². The van der Waals surface area contributed by atoms with Gasteiger partial charge in [0.2, 0.25) is 0 Å². The number of hydrogen-bond donors (Lipinski definition) is 2. The van der Waals surface area contributed by atoms with Crippen molar-refractivity contribution in [2.24, 2.45) is 5.84 Å². The summed E-state index contributed by atoms with van der Waals surface area (Å²) in [7, 11) is 1.54. The average molecular weight is 246 g/mol. The van der Waals surface area contributed by atoms with Crippen molar-refractivity contribution in [1.82, 2.24) is 10.3 Å². The first-order valence-electron chi connectivity index (χ1n) is 4.62. The minimum absolute atomic E-state index is 0.194. The van der Waals surface area contributed by atoms with Crippen LogP contribution in [0.1, 0.15) is 11.1 Å². The number of nitrogens with zero attached hydrogens (tertiary/aromatic N) is 1. The molecule has 0 saturated heterocycles. The number of hydrazine groups is 1. The Bertz CT molecular complexity index is 411. The van der Waals surface area contributed by atoms with Crippen LogP contribution in [0.2, 0.25) is 5.02 Å². The fraction of sp³-hybridized carbons (Fsp3) is 0.300. The molecule has 1 aromatic carbocycles. The number of halogens is 2. The molecule has 4 nitrogen and oxygen atoms in total. The zero-order chi connectivity index (χ0) is 12.3. The summed E-state index contributed by atoms with van der Waals surface area (Å²) in [6.07, 6.45) is 0. The lowest BCUT2D eigenvalue weighted by atomic mass is 10.1. The third kappa shape index (κ3) is 2.84. The Morgan fingerprint density at radius 3 is 2.81 bits per heavy atom. The zero-order valence-electron chi connectivity index (χ0n) is 9.05. The van der Waals surface area contributed by atoms with Crippen LogP contribution in [0.15, 0.2) is 12.1 Å². The van der Waals surface area contributed by atoms with Crippen LogP contribution in [0.25, 0.3) is 0 Å². The standard InChI is InChI=1S/C10H13ClFN3O/c1-6-3-8(11)7(4-9(6)12)5-15(2)10(16)14-13/h3-4H,5,13H2,1-2H3,(H,14,16). The van der Waals surface area contributed by atoms with E-state index in [1.807, 2.05) is 5.43 Å². The number of nitrogens with one attached hydrogen (secondary N) is 1. The van der Waals surface area contributed by atoms with Gasteiger partial charge in [0, 0.05) is 18.6 Å². The van der Waals surface area contributed by atoms with Gasteiger partial charge >= 0.3 is 6.03 Å². The van der Waals surface area contributed by atoms with E-state index in [4.69, 9.17) is 17.4 Å². The number of rotatable bonds is 2. The Morgan fingerprint density at radius 1 is 1.62 bits per heavy atom. The largest absolute Gasteiger partial charge is 0.331 e. The van der Waals surface area contributed by atoms with E-state index in [1.165, 1.54) is 24.1 Å². The van der Waals surface area contributed by atoms with Crippen LogP contribution in [-0.4, -0.2) is 18.0 Å². The molecular weight excluding hydrogens is 233 g/mol. The fourth-order valence-electron chi connectivity index (χ4n) is 1.25. The highest BCUT2D eigenvalue weighted by Crippen LogP contribution is 2.21. The van der Waals surface area contributed by atoms with Gasteiger partial charge in [0.05, 0.1) is 0 Å². The Morgan fingerprint density at radius 2 is 2.25 bits per heavy atom. The first-order chi connectivity index (χ1) is 7.45. The van der Waals surface area contributed by atoms with Crippen LogP contribution in [-0.2, 0) is 6.54 Å². The molecular formula is C10H13ClFN3O. The molecule has 2 amide bonds. The van der Waals surface area contributed by atoms with Crippen LogP contribution >= 0.6 is 11.6 Å². The zero-order valence-corrected chi connectivity index (χ0v) is 9.81. The first kappa shape index (κ1) is 12.7. The predicted octanol–water partition coefficient (Wildman–Crippen LogP) is 1.80. The van der Waals surface area contributed by atoms with Gasteiger partial charge in [0.25, 0.3) is 0 Å². The molecule has 0 heterocycles. The molecule has 3 N–H and O–H groups in total. The van der Waals surface area contributed by atoms with Crippen LogP contribution in [0.3, 0.4) is 0 Å². The van der Waals surface area contributed by atoms with Crippen molar-refractivity contribution in [2.45, 2.75) is 13.5 Å². The second kappa shape index (κ2) is 5.14. The van der Waals surface area contributed by atoms with Gasteiger partial charge in [-0.25, -0.2) is 15.0 Å². The highest BCUT2D eigenvalue weighted by molar-refractivity contribution is 6.31. The third-order valence-electron chi connectivity index (χ3n) is 2.21. The molecule has 0 aliphatic heterocycles. The number of benzene rings is 1. The van der Waals surface area contributed by atoms with E-state index >= 15 is 0 Å². The van der Waals surface area contributed by atoms with E-state index in [1.54, 1.807) is 6.92 Å². The normalized spacial score (nSPS) is 10.1. The molecule has 0 saturated carbocycles. The smallest absolute Gasteiger partial charge is 0.322 e. The predicted molar refractivity (Wildman–Crippen MR) is 60.3 cm³/mol. The lowest BCUT2D eigenvalue weighted by Gasteiger charge is -2.17. The SMILES string of the molecule is Cc1cc(Cl)c(CN(C)C(=O)NN)cc1F. The van der Waals surface area contributed by atoms with Gasteiger partial charge < -0.3 is 4.90 Å². The minimum atomic E-state index is -0.461. The second-order valence-corrected chi connectivity index (χ2v) is 3.91. The number of hydrogen-bond acceptors (Lipinski definition) is 2. The summed E-state index contributed by atoms with van der Waals surface area (Å²) in [5.74, 6) is 4.62. The lowest BCUT2D eigenvalue weighted by molar-refractivity contribution is 0.207. The van der Waals surface area contributed by atoms with Crippen molar-refractivity contribution in [3.63, 3.8) is 0 Å². The monoisotopic (exact) mass is 245 g/mol. The van der Waals surface area contributed by atoms with E-state index in [0.717, 1.165) is 0 Å². The van der Waals surface area contributed by atoms with Gasteiger partial charge in [0.1, 0.15) is 5.82 Å². The molecule has 0 unspecified atom stereocenters. The van der Waals surface area contributed by atoms with Gasteiger partial charge in [-0.15, -0.1) is 0 Å². The van der Waals surface area contributed by atoms with Crippen molar-refractivity contribution >= 4 is 17.6 Å². The van der Waals surface area contributed by atoms with Crippen molar-refractivity contribution in [1.29, 1.82) is 0 Å². The number of carbonyl (C=O) groups is 1. The molecule has 0 aromatic heterocycles. The highest BCUT2D eigenvalue weighted by atomic mass is 35.5. The maximum absolute atomic E-state index is 13.3. The molecule has 0 aliphatic carbocycles. The number of aryl methyl sites for hydroxylation is 1. The summed E-state index contributed by atoms with van der Waals surface area (Å²) in [6.45, 7) is 1.82. The van der Waals surface area contributed by atoms with E-state index in [9.17, 15) is 9.18 Å². The van der Waals surface area contributed by atoms with Crippen molar-refractivity contribution in [3.05, 3.63) is 34.1 Å². The van der Waals surface area contributed by atoms with Gasteiger partial charge in [0.15, 0.2) is 0 Å². The second-order valence-electron chi connectivity index (χ2n) is 3.50. The summed E-state index contributed by atoms with van der Waals surface area (Å²) >= 11 is 5.94. The maximum atomic E-state index is 13.3. The molecule has 1 aromatic rings. The van der Waals surface area contributed by atoms with E-state index < -0.39 is 6.03 Å². The van der Waals surface area contributed by atoms with Crippen molar-refractivity contribution in [3.8, 4) is 0 Å². The van der Waals surface area contributed by atoms with Crippen LogP contribution < -0.4 is 11.3 Å². The summed E-state index contributed by atoms with van der Waals surface area (Å²) in [4.78, 5) is 12.4. The highest BCUT2D eigenvalue weighted by Gasteiger charge is 2.11. The Hall–Kier alpha value is -1.33. The van der Waals surface area contributed by atoms with Gasteiger partial charge in [-0.3, -0.25) is 5.43 Å². The van der Waals surface area contributed by atoms with Gasteiger partial charge in [-0.1, -0.05) is 11.6 Å². The van der Waals surface area contributed by atoms with Crippen LogP contribution in [0.4, 0.5) is 9.18 Å². The quantitative estimate of drug-likeness (QED) is 0.474. The molecule has 1 rings (SSSR count). The third-order valence-corrected chi connectivity index (χ3v) is 2.56. The number of carbonyl (C=O) groups excluding carboxylic acids is 1. The lowest BCUT2D eigenvalue weighted by Crippen LogP contribution is -2.40. The summed E-state index contributed by atoms with van der Waals surface area (Å²) < 4.78 is 13.3. The van der Waals surface area contributed by atoms with Crippen molar-refractivity contribution in [2.75, 3.05) is 7.05 Å². The molecule has 0 radical (unpaired) electrons. The topological polar surface area (TPSA) is 58.4 Å². The Kier molecular flexibility index (Phi) is 4.09. The molecule has 88 valence electrons. The Labute approximate surface area is 98.1 Å². The summed E-state index contributed by atoms with van der Waals surface area (Å²) in [5, 5.41) is 0.426. The Balaban J connectivity index is 2.89. The van der Waals surface area contributed by atoms with Crippen LogP contribution in [0.5, 0.6) is 0 Å². The molecule has 0 fully saturated rings. The maximum Gasteiger partial charge on any atom is 0.331 e. The number of nitrogens with two attached hydrogens (primary N) is 1. The first-order valence-corrected chi connectivity index (χ1v) is 4.99. The summed E-state index contributed by atoms with van der Waals surface area (Å²) in [5.41, 5.74) is 2.99. The molecule has 0 atom stereocenters. The average Bonchev–Trinajstić information content (AvgIpc) is 2.24. The molecule has 6 heteroatoms. The number of urea groups is 1. The van der Waals surface area contributed by atoms with Gasteiger partial charge in [-0.05, 0) is 30.2 Å². The molecule has 0 aliphatic rings.